The van der Waals surface area contributed by atoms with E-state index in [4.69, 9.17) is 25.8 Å². The Morgan fingerprint density at radius 3 is 2.38 bits per heavy atom. The van der Waals surface area contributed by atoms with Gasteiger partial charge in [0.05, 0.1) is 11.0 Å². The zero-order valence-corrected chi connectivity index (χ0v) is 24.5. The standard InChI is InChI=1S/C30H37ClO9/c1-7-25(36)38-15-24(35)30(40-26(37)8-2)16(3)11-19-20-13-22(39-17(4)32)21-12-18(33)9-10-27(21,5)29(20,31)23(34)14-28(19,30)6/h9-10,12-13,16,19-20,23,34H,7-8,11,14-15H2,1-6H3/t16-,19-,20-,23-,27-,28-,29-,30+/m0/s1. The summed E-state index contributed by atoms with van der Waals surface area (Å²) in [5.74, 6) is -4.03. The van der Waals surface area contributed by atoms with Gasteiger partial charge in [-0.2, -0.15) is 0 Å². The highest BCUT2D eigenvalue weighted by Crippen LogP contribution is 2.71. The summed E-state index contributed by atoms with van der Waals surface area (Å²) in [5.41, 5.74) is -3.55. The molecule has 0 radical (unpaired) electrons. The summed E-state index contributed by atoms with van der Waals surface area (Å²) in [6.45, 7) is 9.31. The van der Waals surface area contributed by atoms with E-state index in [-0.39, 0.29) is 30.8 Å². The fourth-order valence-electron chi connectivity index (χ4n) is 7.80. The van der Waals surface area contributed by atoms with Crippen LogP contribution in [0.15, 0.2) is 35.6 Å². The minimum absolute atomic E-state index is 0.00609. The third kappa shape index (κ3) is 4.11. The van der Waals surface area contributed by atoms with Gasteiger partial charge in [-0.05, 0) is 37.0 Å². The molecule has 8 atom stereocenters. The Morgan fingerprint density at radius 2 is 1.77 bits per heavy atom. The largest absolute Gasteiger partial charge is 0.457 e. The van der Waals surface area contributed by atoms with Crippen molar-refractivity contribution in [2.24, 2.45) is 28.6 Å². The maximum atomic E-state index is 14.0. The number of Topliss-reactive ketones (excluding diaryl/α,β-unsaturated/α-hetero) is 1. The second-order valence-electron chi connectivity index (χ2n) is 11.8. The molecule has 0 saturated heterocycles. The van der Waals surface area contributed by atoms with E-state index in [2.05, 4.69) is 0 Å². The van der Waals surface area contributed by atoms with Crippen LogP contribution >= 0.6 is 11.6 Å². The number of rotatable bonds is 7. The van der Waals surface area contributed by atoms with E-state index >= 15 is 0 Å². The van der Waals surface area contributed by atoms with Gasteiger partial charge in [-0.1, -0.05) is 40.7 Å². The van der Waals surface area contributed by atoms with Crippen molar-refractivity contribution < 1.29 is 43.3 Å². The molecule has 0 amide bonds. The smallest absolute Gasteiger partial charge is 0.308 e. The average molecular weight is 577 g/mol. The van der Waals surface area contributed by atoms with Crippen molar-refractivity contribution in [3.63, 3.8) is 0 Å². The first-order chi connectivity index (χ1) is 18.6. The molecule has 40 heavy (non-hydrogen) atoms. The van der Waals surface area contributed by atoms with Gasteiger partial charge in [-0.3, -0.25) is 24.0 Å². The summed E-state index contributed by atoms with van der Waals surface area (Å²) in [6, 6.07) is 0. The summed E-state index contributed by atoms with van der Waals surface area (Å²) in [4.78, 5) is 61.8. The van der Waals surface area contributed by atoms with Crippen LogP contribution in [0.5, 0.6) is 0 Å². The van der Waals surface area contributed by atoms with E-state index < -0.39 is 75.5 Å². The lowest BCUT2D eigenvalue weighted by Gasteiger charge is -2.62. The average Bonchev–Trinajstić information content (AvgIpc) is 3.11. The van der Waals surface area contributed by atoms with E-state index in [1.54, 1.807) is 46.8 Å². The zero-order valence-electron chi connectivity index (χ0n) is 23.7. The maximum absolute atomic E-state index is 14.0. The third-order valence-corrected chi connectivity index (χ3v) is 10.6. The lowest BCUT2D eigenvalue weighted by molar-refractivity contribution is -0.201. The maximum Gasteiger partial charge on any atom is 0.308 e. The molecule has 0 aromatic carbocycles. The summed E-state index contributed by atoms with van der Waals surface area (Å²) < 4.78 is 16.8. The van der Waals surface area contributed by atoms with Crippen molar-refractivity contribution in [1.29, 1.82) is 0 Å². The zero-order chi connectivity index (χ0) is 29.8. The van der Waals surface area contributed by atoms with Crippen LogP contribution in [0.1, 0.15) is 67.2 Å². The Hall–Kier alpha value is -2.78. The Balaban J connectivity index is 1.91. The highest BCUT2D eigenvalue weighted by atomic mass is 35.5. The quantitative estimate of drug-likeness (QED) is 0.273. The monoisotopic (exact) mass is 576 g/mol. The molecule has 2 fully saturated rings. The molecule has 4 rings (SSSR count). The number of esters is 3. The molecular weight excluding hydrogens is 540 g/mol. The molecule has 10 heteroatoms. The number of aliphatic hydroxyl groups is 1. The van der Waals surface area contributed by atoms with E-state index in [0.29, 0.717) is 12.0 Å². The second-order valence-corrected chi connectivity index (χ2v) is 12.4. The molecule has 2 saturated carbocycles. The summed E-state index contributed by atoms with van der Waals surface area (Å²) in [5, 5.41) is 11.9. The number of aliphatic hydroxyl groups excluding tert-OH is 1. The van der Waals surface area contributed by atoms with Crippen molar-refractivity contribution in [3.05, 3.63) is 35.6 Å². The van der Waals surface area contributed by atoms with Crippen molar-refractivity contribution in [2.75, 3.05) is 6.61 Å². The third-order valence-electron chi connectivity index (χ3n) is 9.69. The lowest BCUT2D eigenvalue weighted by atomic mass is 9.47. The summed E-state index contributed by atoms with van der Waals surface area (Å²) in [7, 11) is 0. The Labute approximate surface area is 238 Å². The first-order valence-corrected chi connectivity index (χ1v) is 14.1. The molecule has 4 aliphatic rings. The van der Waals surface area contributed by atoms with Crippen molar-refractivity contribution in [1.82, 2.24) is 0 Å². The predicted octanol–water partition coefficient (Wildman–Crippen LogP) is 3.75. The Kier molecular flexibility index (Phi) is 7.73. The number of hydrogen-bond donors (Lipinski definition) is 1. The van der Waals surface area contributed by atoms with Crippen molar-refractivity contribution in [3.8, 4) is 0 Å². The van der Waals surface area contributed by atoms with Gasteiger partial charge in [0.2, 0.25) is 5.78 Å². The number of hydrogen-bond acceptors (Lipinski definition) is 9. The van der Waals surface area contributed by atoms with Gasteiger partial charge in [0.1, 0.15) is 5.76 Å². The first-order valence-electron chi connectivity index (χ1n) is 13.8. The molecule has 4 aliphatic carbocycles. The fourth-order valence-corrected chi connectivity index (χ4v) is 8.25. The van der Waals surface area contributed by atoms with Gasteiger partial charge in [0, 0.05) is 48.0 Å². The van der Waals surface area contributed by atoms with Gasteiger partial charge in [-0.25, -0.2) is 0 Å². The second kappa shape index (κ2) is 10.2. The van der Waals surface area contributed by atoms with Gasteiger partial charge in [0.25, 0.3) is 0 Å². The van der Waals surface area contributed by atoms with Gasteiger partial charge in [0.15, 0.2) is 18.0 Å². The summed E-state index contributed by atoms with van der Waals surface area (Å²) in [6.07, 6.45) is 5.31. The Bertz CT molecular complexity index is 1250. The van der Waals surface area contributed by atoms with Gasteiger partial charge in [-0.15, -0.1) is 11.6 Å². The molecule has 0 unspecified atom stereocenters. The van der Waals surface area contributed by atoms with Crippen LogP contribution in [0.4, 0.5) is 0 Å². The lowest BCUT2D eigenvalue weighted by Crippen LogP contribution is -2.69. The number of halogens is 1. The highest BCUT2D eigenvalue weighted by molar-refractivity contribution is 6.26. The number of alkyl halides is 1. The number of carbonyl (C=O) groups is 5. The number of fused-ring (bicyclic) bond motifs is 5. The van der Waals surface area contributed by atoms with Crippen LogP contribution in [0, 0.1) is 28.6 Å². The van der Waals surface area contributed by atoms with Crippen LogP contribution in [0.25, 0.3) is 0 Å². The number of allylic oxidation sites excluding steroid dienone is 5. The van der Waals surface area contributed by atoms with Crippen molar-refractivity contribution >= 4 is 41.1 Å². The summed E-state index contributed by atoms with van der Waals surface area (Å²) >= 11 is 7.49. The van der Waals surface area contributed by atoms with Crippen LogP contribution in [0.2, 0.25) is 0 Å². The molecule has 218 valence electrons. The minimum Gasteiger partial charge on any atom is -0.457 e. The molecule has 0 spiro atoms. The normalized spacial score (nSPS) is 39.6. The topological polar surface area (TPSA) is 133 Å². The van der Waals surface area contributed by atoms with Crippen LogP contribution in [-0.4, -0.2) is 57.8 Å². The van der Waals surface area contributed by atoms with Crippen LogP contribution in [-0.2, 0) is 38.2 Å². The van der Waals surface area contributed by atoms with Crippen LogP contribution in [0.3, 0.4) is 0 Å². The Morgan fingerprint density at radius 1 is 1.12 bits per heavy atom. The highest BCUT2D eigenvalue weighted by Gasteiger charge is 2.76. The fraction of sp³-hybridized carbons (Fsp3) is 0.633. The van der Waals surface area contributed by atoms with Crippen LogP contribution < -0.4 is 0 Å². The molecule has 0 aromatic rings. The SMILES string of the molecule is CCC(=O)OCC(=O)[C@]1(OC(=O)CC)[C@@H](C)C[C@H]2[C@@H]3C=C(OC(C)=O)C4=CC(=O)C=C[C@]4(C)[C@@]3(Cl)[C@@H](O)C[C@@]21C. The van der Waals surface area contributed by atoms with Gasteiger partial charge < -0.3 is 19.3 Å². The molecular formula is C30H37ClO9. The first kappa shape index (κ1) is 30.2. The molecule has 1 N–H and O–H groups in total. The number of ketones is 2. The van der Waals surface area contributed by atoms with E-state index in [0.717, 1.165) is 0 Å². The predicted molar refractivity (Wildman–Crippen MR) is 144 cm³/mol. The minimum atomic E-state index is -1.71. The number of ether oxygens (including phenoxy) is 3. The molecule has 9 nitrogen and oxygen atoms in total. The van der Waals surface area contributed by atoms with Gasteiger partial charge >= 0.3 is 17.9 Å². The molecule has 0 bridgehead atoms. The van der Waals surface area contributed by atoms with E-state index in [9.17, 15) is 29.1 Å². The number of carbonyl (C=O) groups excluding carboxylic acids is 5. The van der Waals surface area contributed by atoms with Crippen molar-refractivity contribution in [2.45, 2.75) is 83.8 Å². The molecule has 0 aromatic heterocycles. The van der Waals surface area contributed by atoms with E-state index in [1.807, 2.05) is 0 Å². The molecule has 0 heterocycles. The molecule has 0 aliphatic heterocycles. The van der Waals surface area contributed by atoms with E-state index in [1.165, 1.54) is 19.1 Å².